The normalized spacial score (nSPS) is 14.9. The molecule has 0 aliphatic carbocycles. The van der Waals surface area contributed by atoms with Crippen molar-refractivity contribution in [1.29, 1.82) is 0 Å². The highest BCUT2D eigenvalue weighted by atomic mass is 16.5. The highest BCUT2D eigenvalue weighted by molar-refractivity contribution is 6.10. The molecule has 2 aromatic carbocycles. The summed E-state index contributed by atoms with van der Waals surface area (Å²) in [5.41, 5.74) is 8.86. The zero-order valence-electron chi connectivity index (χ0n) is 19.5. The van der Waals surface area contributed by atoms with Crippen molar-refractivity contribution >= 4 is 28.6 Å². The predicted molar refractivity (Wildman–Crippen MR) is 131 cm³/mol. The van der Waals surface area contributed by atoms with Crippen LogP contribution in [-0.2, 0) is 4.79 Å². The summed E-state index contributed by atoms with van der Waals surface area (Å²) >= 11 is 0. The number of carbonyl (C=O) groups is 2. The maximum Gasteiger partial charge on any atom is 0.296 e. The minimum atomic E-state index is -0.751. The van der Waals surface area contributed by atoms with E-state index in [1.165, 1.54) is 4.90 Å². The van der Waals surface area contributed by atoms with Gasteiger partial charge in [-0.25, -0.2) is 4.98 Å². The first kappa shape index (κ1) is 22.3. The monoisotopic (exact) mass is 469 g/mol. The van der Waals surface area contributed by atoms with Crippen LogP contribution in [0.2, 0.25) is 0 Å². The van der Waals surface area contributed by atoms with Gasteiger partial charge in [-0.1, -0.05) is 18.2 Å². The molecule has 2 N–H and O–H groups in total. The highest BCUT2D eigenvalue weighted by Crippen LogP contribution is 2.41. The lowest BCUT2D eigenvalue weighted by atomic mass is 9.97. The number of nitrogens with zero attached hydrogens (tertiary/aromatic N) is 2. The van der Waals surface area contributed by atoms with Crippen molar-refractivity contribution in [2.45, 2.75) is 26.8 Å². The molecule has 1 atom stereocenters. The molecule has 8 nitrogen and oxygen atoms in total. The number of aryl methyl sites for hydroxylation is 3. The van der Waals surface area contributed by atoms with Crippen LogP contribution in [0.25, 0.3) is 11.0 Å². The van der Waals surface area contributed by atoms with Gasteiger partial charge < -0.3 is 14.9 Å². The quantitative estimate of drug-likeness (QED) is 0.476. The smallest absolute Gasteiger partial charge is 0.296 e. The van der Waals surface area contributed by atoms with Crippen molar-refractivity contribution in [3.63, 3.8) is 0 Å². The highest BCUT2D eigenvalue weighted by Gasteiger charge is 2.44. The molecule has 35 heavy (non-hydrogen) atoms. The topological polar surface area (TPSA) is 116 Å². The number of nitrogens with two attached hydrogens (primary N) is 1. The van der Waals surface area contributed by atoms with Crippen molar-refractivity contribution in [3.8, 4) is 5.75 Å². The van der Waals surface area contributed by atoms with Gasteiger partial charge in [0.2, 0.25) is 5.76 Å². The van der Waals surface area contributed by atoms with E-state index in [0.717, 1.165) is 16.8 Å². The van der Waals surface area contributed by atoms with Gasteiger partial charge >= 0.3 is 0 Å². The van der Waals surface area contributed by atoms with Gasteiger partial charge in [0.15, 0.2) is 12.0 Å². The molecule has 5 rings (SSSR count). The fourth-order valence-corrected chi connectivity index (χ4v) is 4.34. The van der Waals surface area contributed by atoms with Gasteiger partial charge in [-0.2, -0.15) is 0 Å². The van der Waals surface area contributed by atoms with Crippen molar-refractivity contribution in [1.82, 2.24) is 4.98 Å². The van der Waals surface area contributed by atoms with Crippen LogP contribution in [0.3, 0.4) is 0 Å². The summed E-state index contributed by atoms with van der Waals surface area (Å²) in [5.74, 6) is -0.163. The SMILES string of the molecule is Cc1cccc(N2C(=O)c3oc4cc(C)c(C)cc4c(=O)c3[C@@H]2c2ccc(OCC(N)=O)cc2)n1. The van der Waals surface area contributed by atoms with Gasteiger partial charge in [0.25, 0.3) is 11.8 Å². The molecule has 2 aromatic heterocycles. The number of hydrogen-bond acceptors (Lipinski definition) is 6. The van der Waals surface area contributed by atoms with E-state index < -0.39 is 17.9 Å². The van der Waals surface area contributed by atoms with Gasteiger partial charge in [0.05, 0.1) is 17.0 Å². The number of rotatable bonds is 5. The van der Waals surface area contributed by atoms with Crippen LogP contribution < -0.4 is 20.8 Å². The second-order valence-corrected chi connectivity index (χ2v) is 8.65. The number of primary amides is 1. The Hall–Kier alpha value is -4.46. The second kappa shape index (κ2) is 8.39. The van der Waals surface area contributed by atoms with E-state index in [9.17, 15) is 14.4 Å². The number of carbonyl (C=O) groups excluding carboxylic acids is 2. The minimum Gasteiger partial charge on any atom is -0.484 e. The summed E-state index contributed by atoms with van der Waals surface area (Å²) in [6, 6.07) is 15.0. The largest absolute Gasteiger partial charge is 0.484 e. The lowest BCUT2D eigenvalue weighted by molar-refractivity contribution is -0.119. The van der Waals surface area contributed by atoms with Crippen molar-refractivity contribution in [2.75, 3.05) is 11.5 Å². The Bertz CT molecular complexity index is 1560. The van der Waals surface area contributed by atoms with Crippen LogP contribution in [0.15, 0.2) is 63.8 Å². The molecule has 8 heteroatoms. The fraction of sp³-hybridized carbons (Fsp3) is 0.185. The van der Waals surface area contributed by atoms with E-state index in [2.05, 4.69) is 4.98 Å². The molecule has 0 saturated heterocycles. The Morgan fingerprint density at radius 3 is 2.46 bits per heavy atom. The summed E-state index contributed by atoms with van der Waals surface area (Å²) in [6.07, 6.45) is 0. The van der Waals surface area contributed by atoms with Gasteiger partial charge in [-0.05, 0) is 73.9 Å². The third-order valence-electron chi connectivity index (χ3n) is 6.18. The molecule has 4 aromatic rings. The van der Waals surface area contributed by atoms with Gasteiger partial charge in [-0.15, -0.1) is 0 Å². The first-order chi connectivity index (χ1) is 16.7. The Morgan fingerprint density at radius 2 is 1.77 bits per heavy atom. The van der Waals surface area contributed by atoms with E-state index in [1.807, 2.05) is 32.9 Å². The molecule has 0 spiro atoms. The Labute approximate surface area is 200 Å². The van der Waals surface area contributed by atoms with Crippen LogP contribution >= 0.6 is 0 Å². The van der Waals surface area contributed by atoms with Crippen molar-refractivity contribution in [2.24, 2.45) is 5.73 Å². The number of aromatic nitrogens is 1. The van der Waals surface area contributed by atoms with E-state index in [0.29, 0.717) is 28.1 Å². The molecule has 2 amide bonds. The molecule has 3 heterocycles. The molecule has 0 unspecified atom stereocenters. The Morgan fingerprint density at radius 1 is 1.06 bits per heavy atom. The van der Waals surface area contributed by atoms with E-state index in [-0.39, 0.29) is 23.4 Å². The summed E-state index contributed by atoms with van der Waals surface area (Å²) in [4.78, 5) is 44.5. The molecule has 0 bridgehead atoms. The number of pyridine rings is 1. The zero-order valence-corrected chi connectivity index (χ0v) is 19.5. The van der Waals surface area contributed by atoms with Gasteiger partial charge in [0, 0.05) is 5.69 Å². The third kappa shape index (κ3) is 3.82. The van der Waals surface area contributed by atoms with E-state index in [4.69, 9.17) is 14.9 Å². The lowest BCUT2D eigenvalue weighted by Gasteiger charge is -2.24. The number of benzene rings is 2. The van der Waals surface area contributed by atoms with Gasteiger partial charge in [-0.3, -0.25) is 19.3 Å². The number of amides is 2. The number of fused-ring (bicyclic) bond motifs is 2. The van der Waals surface area contributed by atoms with Gasteiger partial charge in [0.1, 0.15) is 17.2 Å². The standard InChI is InChI=1S/C27H23N3O5/c1-14-11-19-20(12-15(14)2)35-26-23(25(19)32)24(17-7-9-18(10-8-17)34-13-21(28)31)30(27(26)33)22-6-4-5-16(3)29-22/h4-12,24H,13H2,1-3H3,(H2,28,31)/t24-/m0/s1. The predicted octanol–water partition coefficient (Wildman–Crippen LogP) is 3.73. The maximum atomic E-state index is 13.8. The van der Waals surface area contributed by atoms with Crippen LogP contribution in [0, 0.1) is 20.8 Å². The number of hydrogen-bond donors (Lipinski definition) is 1. The molecule has 176 valence electrons. The third-order valence-corrected chi connectivity index (χ3v) is 6.18. The Kier molecular flexibility index (Phi) is 5.36. The molecule has 0 fully saturated rings. The zero-order chi connectivity index (χ0) is 24.9. The number of anilines is 1. The fourth-order valence-electron chi connectivity index (χ4n) is 4.34. The first-order valence-corrected chi connectivity index (χ1v) is 11.1. The Balaban J connectivity index is 1.71. The first-order valence-electron chi connectivity index (χ1n) is 11.1. The second-order valence-electron chi connectivity index (χ2n) is 8.65. The summed E-state index contributed by atoms with van der Waals surface area (Å²) in [7, 11) is 0. The van der Waals surface area contributed by atoms with Crippen molar-refractivity contribution in [3.05, 3.63) is 98.5 Å². The molecule has 0 radical (unpaired) electrons. The lowest BCUT2D eigenvalue weighted by Crippen LogP contribution is -2.30. The van der Waals surface area contributed by atoms with Crippen LogP contribution in [0.1, 0.15) is 44.5 Å². The summed E-state index contributed by atoms with van der Waals surface area (Å²) < 4.78 is 11.4. The van der Waals surface area contributed by atoms with E-state index in [1.54, 1.807) is 42.5 Å². The maximum absolute atomic E-state index is 13.8. The van der Waals surface area contributed by atoms with Crippen LogP contribution in [0.5, 0.6) is 5.75 Å². The summed E-state index contributed by atoms with van der Waals surface area (Å²) in [5, 5.41) is 0.421. The molecule has 1 aliphatic rings. The minimum absolute atomic E-state index is 0.00751. The summed E-state index contributed by atoms with van der Waals surface area (Å²) in [6.45, 7) is 5.44. The number of ether oxygens (including phenoxy) is 1. The van der Waals surface area contributed by atoms with Crippen molar-refractivity contribution < 1.29 is 18.7 Å². The molecular weight excluding hydrogens is 446 g/mol. The molecule has 0 saturated carbocycles. The molecular formula is C27H23N3O5. The molecule has 1 aliphatic heterocycles. The van der Waals surface area contributed by atoms with Crippen LogP contribution in [-0.4, -0.2) is 23.4 Å². The average molecular weight is 469 g/mol. The average Bonchev–Trinajstić information content (AvgIpc) is 3.12. The van der Waals surface area contributed by atoms with E-state index >= 15 is 0 Å². The van der Waals surface area contributed by atoms with Crippen LogP contribution in [0.4, 0.5) is 5.82 Å².